The first-order chi connectivity index (χ1) is 4.86. The Morgan fingerprint density at radius 2 is 2.40 bits per heavy atom. The summed E-state index contributed by atoms with van der Waals surface area (Å²) in [5.41, 5.74) is 6.40. The smallest absolute Gasteiger partial charge is 0.222 e. The van der Waals surface area contributed by atoms with E-state index in [9.17, 15) is 0 Å². The maximum absolute atomic E-state index is 5.37. The second-order valence-corrected chi connectivity index (χ2v) is 2.78. The summed E-state index contributed by atoms with van der Waals surface area (Å²) in [4.78, 5) is 0. The molecule has 0 amide bonds. The Morgan fingerprint density at radius 3 is 2.80 bits per heavy atom. The molecule has 0 bridgehead atoms. The number of hydrogen-bond acceptors (Lipinski definition) is 3. The molecule has 3 nitrogen and oxygen atoms in total. The van der Waals surface area contributed by atoms with Crippen molar-refractivity contribution in [2.75, 3.05) is 5.73 Å². The molecule has 1 heterocycles. The predicted molar refractivity (Wildman–Crippen MR) is 37.5 cm³/mol. The Morgan fingerprint density at radius 1 is 1.60 bits per heavy atom. The van der Waals surface area contributed by atoms with Crippen molar-refractivity contribution in [1.82, 2.24) is 5.16 Å². The molecule has 2 rings (SSSR count). The van der Waals surface area contributed by atoms with Gasteiger partial charge in [-0.15, -0.1) is 0 Å². The van der Waals surface area contributed by atoms with Crippen molar-refractivity contribution in [3.8, 4) is 0 Å². The minimum absolute atomic E-state index is 0.432. The molecule has 2 N–H and O–H groups in total. The fourth-order valence-corrected chi connectivity index (χ4v) is 1.20. The molecule has 1 saturated carbocycles. The highest BCUT2D eigenvalue weighted by Crippen LogP contribution is 2.35. The van der Waals surface area contributed by atoms with Crippen molar-refractivity contribution in [2.24, 2.45) is 0 Å². The molecule has 1 aliphatic carbocycles. The van der Waals surface area contributed by atoms with Crippen LogP contribution in [0.2, 0.25) is 0 Å². The van der Waals surface area contributed by atoms with Crippen molar-refractivity contribution in [1.29, 1.82) is 0 Å². The third kappa shape index (κ3) is 0.781. The molecule has 0 saturated heterocycles. The average molecular weight is 138 g/mol. The van der Waals surface area contributed by atoms with Crippen LogP contribution in [0, 0.1) is 0 Å². The van der Waals surface area contributed by atoms with Crippen LogP contribution >= 0.6 is 0 Å². The SMILES string of the molecule is Nc1cc(C2CCC2)no1. The van der Waals surface area contributed by atoms with E-state index in [0.717, 1.165) is 5.69 Å². The average Bonchev–Trinajstić information content (AvgIpc) is 2.10. The van der Waals surface area contributed by atoms with E-state index in [1.54, 1.807) is 0 Å². The maximum atomic E-state index is 5.37. The quantitative estimate of drug-likeness (QED) is 0.640. The van der Waals surface area contributed by atoms with Gasteiger partial charge in [-0.3, -0.25) is 0 Å². The highest BCUT2D eigenvalue weighted by Gasteiger charge is 2.22. The number of nitrogens with zero attached hydrogens (tertiary/aromatic N) is 1. The number of anilines is 1. The van der Waals surface area contributed by atoms with Crippen LogP contribution in [0.25, 0.3) is 0 Å². The molecule has 1 aromatic rings. The van der Waals surface area contributed by atoms with Gasteiger partial charge in [0.25, 0.3) is 0 Å². The zero-order valence-corrected chi connectivity index (χ0v) is 5.71. The lowest BCUT2D eigenvalue weighted by Crippen LogP contribution is -2.08. The molecule has 0 atom stereocenters. The van der Waals surface area contributed by atoms with Crippen LogP contribution < -0.4 is 5.73 Å². The van der Waals surface area contributed by atoms with Gasteiger partial charge in [0.2, 0.25) is 5.88 Å². The van der Waals surface area contributed by atoms with E-state index in [2.05, 4.69) is 5.16 Å². The molecule has 3 heteroatoms. The molecule has 10 heavy (non-hydrogen) atoms. The van der Waals surface area contributed by atoms with Crippen LogP contribution in [-0.2, 0) is 0 Å². The van der Waals surface area contributed by atoms with Gasteiger partial charge in [-0.2, -0.15) is 0 Å². The van der Waals surface area contributed by atoms with Gasteiger partial charge >= 0.3 is 0 Å². The lowest BCUT2D eigenvalue weighted by atomic mass is 9.83. The number of rotatable bonds is 1. The van der Waals surface area contributed by atoms with Crippen molar-refractivity contribution in [3.05, 3.63) is 11.8 Å². The summed E-state index contributed by atoms with van der Waals surface area (Å²) >= 11 is 0. The molecular weight excluding hydrogens is 128 g/mol. The van der Waals surface area contributed by atoms with Crippen molar-refractivity contribution in [3.63, 3.8) is 0 Å². The van der Waals surface area contributed by atoms with Gasteiger partial charge in [0, 0.05) is 12.0 Å². The van der Waals surface area contributed by atoms with Crippen LogP contribution in [0.3, 0.4) is 0 Å². The molecule has 0 unspecified atom stereocenters. The number of nitrogens with two attached hydrogens (primary N) is 1. The number of hydrogen-bond donors (Lipinski definition) is 1. The van der Waals surface area contributed by atoms with Crippen LogP contribution in [-0.4, -0.2) is 5.16 Å². The molecule has 0 aromatic carbocycles. The number of nitrogen functional groups attached to an aromatic ring is 1. The predicted octanol–water partition coefficient (Wildman–Crippen LogP) is 1.52. The standard InChI is InChI=1S/C7H10N2O/c8-7-4-6(9-10-7)5-2-1-3-5/h4-5H,1-3,8H2. The van der Waals surface area contributed by atoms with Gasteiger partial charge in [-0.1, -0.05) is 11.6 Å². The Hall–Kier alpha value is -0.990. The summed E-state index contributed by atoms with van der Waals surface area (Å²) in [6, 6.07) is 1.82. The van der Waals surface area contributed by atoms with Gasteiger partial charge in [-0.25, -0.2) is 0 Å². The van der Waals surface area contributed by atoms with Crippen LogP contribution in [0.5, 0.6) is 0 Å². The Balaban J connectivity index is 2.17. The van der Waals surface area contributed by atoms with Crippen molar-refractivity contribution < 1.29 is 4.52 Å². The van der Waals surface area contributed by atoms with Gasteiger partial charge in [-0.05, 0) is 12.8 Å². The summed E-state index contributed by atoms with van der Waals surface area (Å²) < 4.78 is 4.75. The minimum Gasteiger partial charge on any atom is -0.368 e. The second-order valence-electron chi connectivity index (χ2n) is 2.78. The first kappa shape index (κ1) is 5.77. The largest absolute Gasteiger partial charge is 0.368 e. The molecule has 0 radical (unpaired) electrons. The second kappa shape index (κ2) is 2.01. The van der Waals surface area contributed by atoms with Gasteiger partial charge in [0.15, 0.2) is 0 Å². The fourth-order valence-electron chi connectivity index (χ4n) is 1.20. The summed E-state index contributed by atoms with van der Waals surface area (Å²) in [6.07, 6.45) is 3.80. The van der Waals surface area contributed by atoms with E-state index < -0.39 is 0 Å². The lowest BCUT2D eigenvalue weighted by Gasteiger charge is -2.22. The number of aromatic nitrogens is 1. The monoisotopic (exact) mass is 138 g/mol. The molecule has 0 aliphatic heterocycles. The maximum Gasteiger partial charge on any atom is 0.222 e. The molecule has 1 aliphatic rings. The van der Waals surface area contributed by atoms with Crippen LogP contribution in [0.4, 0.5) is 5.88 Å². The molecule has 1 fully saturated rings. The summed E-state index contributed by atoms with van der Waals surface area (Å²) in [7, 11) is 0. The molecule has 1 aromatic heterocycles. The van der Waals surface area contributed by atoms with E-state index in [0.29, 0.717) is 11.8 Å². The topological polar surface area (TPSA) is 52.0 Å². The first-order valence-electron chi connectivity index (χ1n) is 3.58. The summed E-state index contributed by atoms with van der Waals surface area (Å²) in [6.45, 7) is 0. The molecule has 54 valence electrons. The third-order valence-electron chi connectivity index (χ3n) is 2.07. The van der Waals surface area contributed by atoms with Crippen molar-refractivity contribution >= 4 is 5.88 Å². The summed E-state index contributed by atoms with van der Waals surface area (Å²) in [5, 5.41) is 3.84. The molecule has 0 spiro atoms. The van der Waals surface area contributed by atoms with E-state index in [4.69, 9.17) is 10.3 Å². The minimum atomic E-state index is 0.432. The first-order valence-corrected chi connectivity index (χ1v) is 3.58. The van der Waals surface area contributed by atoms with E-state index >= 15 is 0 Å². The Kier molecular flexibility index (Phi) is 1.16. The highest BCUT2D eigenvalue weighted by atomic mass is 16.5. The normalized spacial score (nSPS) is 18.8. The highest BCUT2D eigenvalue weighted by molar-refractivity contribution is 5.26. The van der Waals surface area contributed by atoms with Crippen molar-refractivity contribution in [2.45, 2.75) is 25.2 Å². The summed E-state index contributed by atoms with van der Waals surface area (Å²) in [5.74, 6) is 1.06. The van der Waals surface area contributed by atoms with Crippen LogP contribution in [0.15, 0.2) is 10.6 Å². The fraction of sp³-hybridized carbons (Fsp3) is 0.571. The lowest BCUT2D eigenvalue weighted by molar-refractivity contribution is 0.369. The zero-order valence-electron chi connectivity index (χ0n) is 5.71. The van der Waals surface area contributed by atoms with Gasteiger partial charge < -0.3 is 10.3 Å². The third-order valence-corrected chi connectivity index (χ3v) is 2.07. The van der Waals surface area contributed by atoms with Crippen LogP contribution in [0.1, 0.15) is 30.9 Å². The molecular formula is C7H10N2O. The Bertz CT molecular complexity index is 227. The Labute approximate surface area is 59.2 Å². The van der Waals surface area contributed by atoms with Gasteiger partial charge in [0.05, 0.1) is 5.69 Å². The van der Waals surface area contributed by atoms with E-state index in [1.165, 1.54) is 19.3 Å². The van der Waals surface area contributed by atoms with E-state index in [1.807, 2.05) is 6.07 Å². The zero-order chi connectivity index (χ0) is 6.97. The van der Waals surface area contributed by atoms with Gasteiger partial charge in [0.1, 0.15) is 0 Å². The van der Waals surface area contributed by atoms with E-state index in [-0.39, 0.29) is 0 Å².